The van der Waals surface area contributed by atoms with Gasteiger partial charge >= 0.3 is 0 Å². The van der Waals surface area contributed by atoms with Crippen LogP contribution in [0.5, 0.6) is 5.75 Å². The van der Waals surface area contributed by atoms with Crippen molar-refractivity contribution in [2.75, 3.05) is 11.9 Å². The molecule has 1 heterocycles. The molecule has 0 radical (unpaired) electrons. The molecule has 3 heteroatoms. The molecule has 0 bridgehead atoms. The first-order chi connectivity index (χ1) is 7.29. The lowest BCUT2D eigenvalue weighted by Crippen LogP contribution is -2.18. The van der Waals surface area contributed by atoms with Crippen LogP contribution in [0.2, 0.25) is 0 Å². The molecule has 0 aliphatic carbocycles. The van der Waals surface area contributed by atoms with Gasteiger partial charge in [0.25, 0.3) is 0 Å². The van der Waals surface area contributed by atoms with Crippen LogP contribution in [-0.4, -0.2) is 12.5 Å². The topological polar surface area (TPSA) is 38.3 Å². The van der Waals surface area contributed by atoms with Crippen LogP contribution in [0.15, 0.2) is 18.2 Å². The van der Waals surface area contributed by atoms with Gasteiger partial charge in [0.1, 0.15) is 5.75 Å². The monoisotopic (exact) mass is 205 g/mol. The highest BCUT2D eigenvalue weighted by Gasteiger charge is 2.14. The fourth-order valence-electron chi connectivity index (χ4n) is 1.66. The van der Waals surface area contributed by atoms with Gasteiger partial charge in [-0.2, -0.15) is 0 Å². The van der Waals surface area contributed by atoms with Crippen molar-refractivity contribution in [2.45, 2.75) is 26.2 Å². The third-order valence-corrected chi connectivity index (χ3v) is 2.45. The van der Waals surface area contributed by atoms with E-state index in [0.29, 0.717) is 13.0 Å². The summed E-state index contributed by atoms with van der Waals surface area (Å²) < 4.78 is 5.51. The lowest BCUT2D eigenvalue weighted by Gasteiger charge is -2.17. The highest BCUT2D eigenvalue weighted by atomic mass is 16.5. The second-order valence-corrected chi connectivity index (χ2v) is 3.72. The summed E-state index contributed by atoms with van der Waals surface area (Å²) in [4.78, 5) is 11.2. The van der Waals surface area contributed by atoms with Gasteiger partial charge in [-0.1, -0.05) is 13.0 Å². The maximum atomic E-state index is 11.2. The average molecular weight is 205 g/mol. The molecule has 0 saturated carbocycles. The molecule has 2 rings (SSSR count). The number of ether oxygens (including phenoxy) is 1. The van der Waals surface area contributed by atoms with E-state index in [1.165, 1.54) is 5.56 Å². The van der Waals surface area contributed by atoms with Crippen LogP contribution >= 0.6 is 0 Å². The highest BCUT2D eigenvalue weighted by Crippen LogP contribution is 2.27. The Morgan fingerprint density at radius 1 is 1.40 bits per heavy atom. The number of carbonyl (C=O) groups is 1. The number of carbonyl (C=O) groups excluding carboxylic acids is 1. The molecule has 0 aromatic heterocycles. The third kappa shape index (κ3) is 2.29. The standard InChI is InChI=1S/C12H15NO2/c1-2-7-15-10-5-3-9-4-6-12(14)13-11(9)8-10/h3,5,8H,2,4,6-7H2,1H3,(H,13,14). The molecule has 15 heavy (non-hydrogen) atoms. The predicted molar refractivity (Wildman–Crippen MR) is 59.2 cm³/mol. The minimum absolute atomic E-state index is 0.0927. The molecule has 3 nitrogen and oxygen atoms in total. The normalized spacial score (nSPS) is 14.3. The zero-order valence-electron chi connectivity index (χ0n) is 8.88. The molecular formula is C12H15NO2. The van der Waals surface area contributed by atoms with Gasteiger partial charge in [0, 0.05) is 18.2 Å². The molecule has 1 aromatic carbocycles. The number of hydrogen-bond acceptors (Lipinski definition) is 2. The Morgan fingerprint density at radius 2 is 2.27 bits per heavy atom. The molecule has 80 valence electrons. The fourth-order valence-corrected chi connectivity index (χ4v) is 1.66. The Balaban J connectivity index is 2.17. The summed E-state index contributed by atoms with van der Waals surface area (Å²) in [6.45, 7) is 2.78. The number of nitrogens with one attached hydrogen (secondary N) is 1. The van der Waals surface area contributed by atoms with Gasteiger partial charge in [-0.15, -0.1) is 0 Å². The SMILES string of the molecule is CCCOc1ccc2c(c1)NC(=O)CC2. The summed E-state index contributed by atoms with van der Waals surface area (Å²) in [6.07, 6.45) is 2.40. The minimum atomic E-state index is 0.0927. The summed E-state index contributed by atoms with van der Waals surface area (Å²) >= 11 is 0. The van der Waals surface area contributed by atoms with Crippen LogP contribution in [0.3, 0.4) is 0 Å². The Labute approximate surface area is 89.4 Å². The maximum Gasteiger partial charge on any atom is 0.224 e. The van der Waals surface area contributed by atoms with Crippen molar-refractivity contribution in [3.05, 3.63) is 23.8 Å². The van der Waals surface area contributed by atoms with Gasteiger partial charge < -0.3 is 10.1 Å². The fraction of sp³-hybridized carbons (Fsp3) is 0.417. The van der Waals surface area contributed by atoms with E-state index >= 15 is 0 Å². The largest absolute Gasteiger partial charge is 0.494 e. The van der Waals surface area contributed by atoms with Crippen LogP contribution in [0, 0.1) is 0 Å². The first-order valence-electron chi connectivity index (χ1n) is 5.35. The Kier molecular flexibility index (Phi) is 2.90. The summed E-state index contributed by atoms with van der Waals surface area (Å²) in [7, 11) is 0. The van der Waals surface area contributed by atoms with Crippen molar-refractivity contribution in [3.8, 4) is 5.75 Å². The van der Waals surface area contributed by atoms with E-state index in [0.717, 1.165) is 24.3 Å². The van der Waals surface area contributed by atoms with E-state index < -0.39 is 0 Å². The maximum absolute atomic E-state index is 11.2. The zero-order valence-corrected chi connectivity index (χ0v) is 8.88. The molecular weight excluding hydrogens is 190 g/mol. The van der Waals surface area contributed by atoms with Crippen molar-refractivity contribution < 1.29 is 9.53 Å². The molecule has 0 saturated heterocycles. The molecule has 0 atom stereocenters. The second kappa shape index (κ2) is 4.34. The van der Waals surface area contributed by atoms with Gasteiger partial charge in [-0.3, -0.25) is 4.79 Å². The number of fused-ring (bicyclic) bond motifs is 1. The van der Waals surface area contributed by atoms with Gasteiger partial charge in [-0.05, 0) is 24.5 Å². The molecule has 1 aliphatic heterocycles. The molecule has 0 fully saturated rings. The van der Waals surface area contributed by atoms with E-state index in [-0.39, 0.29) is 5.91 Å². The average Bonchev–Trinajstić information content (AvgIpc) is 2.25. The second-order valence-electron chi connectivity index (χ2n) is 3.72. The van der Waals surface area contributed by atoms with Gasteiger partial charge in [0.05, 0.1) is 6.61 Å². The predicted octanol–water partition coefficient (Wildman–Crippen LogP) is 2.36. The van der Waals surface area contributed by atoms with Crippen LogP contribution in [0.25, 0.3) is 0 Å². The Hall–Kier alpha value is -1.51. The summed E-state index contributed by atoms with van der Waals surface area (Å²) in [6, 6.07) is 5.90. The zero-order chi connectivity index (χ0) is 10.7. The van der Waals surface area contributed by atoms with Crippen LogP contribution in [0.1, 0.15) is 25.3 Å². The number of anilines is 1. The molecule has 1 aromatic rings. The van der Waals surface area contributed by atoms with E-state index in [2.05, 4.69) is 12.2 Å². The van der Waals surface area contributed by atoms with E-state index in [4.69, 9.17) is 4.74 Å². The summed E-state index contributed by atoms with van der Waals surface area (Å²) in [5.74, 6) is 0.924. The van der Waals surface area contributed by atoms with E-state index in [1.54, 1.807) is 0 Å². The molecule has 0 unspecified atom stereocenters. The van der Waals surface area contributed by atoms with E-state index in [1.807, 2.05) is 18.2 Å². The molecule has 0 spiro atoms. The van der Waals surface area contributed by atoms with Gasteiger partial charge in [0.15, 0.2) is 0 Å². The van der Waals surface area contributed by atoms with Crippen molar-refractivity contribution >= 4 is 11.6 Å². The smallest absolute Gasteiger partial charge is 0.224 e. The molecule has 1 amide bonds. The number of amides is 1. The van der Waals surface area contributed by atoms with Crippen LogP contribution in [-0.2, 0) is 11.2 Å². The lowest BCUT2D eigenvalue weighted by molar-refractivity contribution is -0.116. The number of benzene rings is 1. The third-order valence-electron chi connectivity index (χ3n) is 2.45. The lowest BCUT2D eigenvalue weighted by atomic mass is 10.0. The van der Waals surface area contributed by atoms with Crippen molar-refractivity contribution in [3.63, 3.8) is 0 Å². The Morgan fingerprint density at radius 3 is 3.07 bits per heavy atom. The first kappa shape index (κ1) is 10.0. The molecule has 1 N–H and O–H groups in total. The first-order valence-corrected chi connectivity index (χ1v) is 5.35. The summed E-state index contributed by atoms with van der Waals surface area (Å²) in [5, 5.41) is 2.86. The van der Waals surface area contributed by atoms with Crippen molar-refractivity contribution in [1.82, 2.24) is 0 Å². The van der Waals surface area contributed by atoms with Crippen LogP contribution in [0.4, 0.5) is 5.69 Å². The van der Waals surface area contributed by atoms with E-state index in [9.17, 15) is 4.79 Å². The number of aryl methyl sites for hydroxylation is 1. The van der Waals surface area contributed by atoms with Crippen LogP contribution < -0.4 is 10.1 Å². The van der Waals surface area contributed by atoms with Gasteiger partial charge in [-0.25, -0.2) is 0 Å². The van der Waals surface area contributed by atoms with Crippen molar-refractivity contribution in [1.29, 1.82) is 0 Å². The van der Waals surface area contributed by atoms with Crippen molar-refractivity contribution in [2.24, 2.45) is 0 Å². The summed E-state index contributed by atoms with van der Waals surface area (Å²) in [5.41, 5.74) is 2.10. The number of hydrogen-bond donors (Lipinski definition) is 1. The Bertz CT molecular complexity index is 374. The van der Waals surface area contributed by atoms with Gasteiger partial charge in [0.2, 0.25) is 5.91 Å². The molecule has 1 aliphatic rings. The quantitative estimate of drug-likeness (QED) is 0.822. The minimum Gasteiger partial charge on any atom is -0.494 e. The highest BCUT2D eigenvalue weighted by molar-refractivity contribution is 5.94. The number of rotatable bonds is 3.